The molecular formula is C16H23N2O2P. The smallest absolute Gasteiger partial charge is 0.274 e. The Kier molecular flexibility index (Phi) is 3.88. The van der Waals surface area contributed by atoms with Crippen molar-refractivity contribution in [1.29, 1.82) is 0 Å². The molecule has 4 nitrogen and oxygen atoms in total. The Morgan fingerprint density at radius 1 is 1.24 bits per heavy atom. The monoisotopic (exact) mass is 306 g/mol. The maximum absolute atomic E-state index is 12.9. The highest BCUT2D eigenvalue weighted by Crippen LogP contribution is 2.42. The SMILES string of the molecule is CCC(C)(C)c1ccc2c(=O)n(C)ncc2c1P(C)(C)=O. The molecule has 0 aliphatic carbocycles. The lowest BCUT2D eigenvalue weighted by atomic mass is 9.81. The molecule has 0 aliphatic heterocycles. The molecule has 0 atom stereocenters. The second-order valence-electron chi connectivity index (χ2n) is 6.58. The van der Waals surface area contributed by atoms with Crippen LogP contribution in [0.5, 0.6) is 0 Å². The van der Waals surface area contributed by atoms with Crippen molar-refractivity contribution in [3.63, 3.8) is 0 Å². The van der Waals surface area contributed by atoms with Crippen molar-refractivity contribution < 1.29 is 4.57 Å². The Balaban J connectivity index is 3.02. The number of hydrogen-bond acceptors (Lipinski definition) is 3. The van der Waals surface area contributed by atoms with Crippen molar-refractivity contribution in [1.82, 2.24) is 9.78 Å². The van der Waals surface area contributed by atoms with Crippen molar-refractivity contribution >= 4 is 23.2 Å². The highest BCUT2D eigenvalue weighted by atomic mass is 31.2. The Labute approximate surface area is 125 Å². The van der Waals surface area contributed by atoms with Gasteiger partial charge in [0.15, 0.2) is 0 Å². The largest absolute Gasteiger partial charge is 0.319 e. The van der Waals surface area contributed by atoms with Gasteiger partial charge in [-0.2, -0.15) is 5.10 Å². The fraction of sp³-hybridized carbons (Fsp3) is 0.500. The minimum absolute atomic E-state index is 0.0910. The molecular weight excluding hydrogens is 283 g/mol. The molecule has 1 heterocycles. The average molecular weight is 306 g/mol. The number of hydrogen-bond donors (Lipinski definition) is 0. The lowest BCUT2D eigenvalue weighted by Crippen LogP contribution is -2.28. The lowest BCUT2D eigenvalue weighted by Gasteiger charge is -2.28. The van der Waals surface area contributed by atoms with E-state index in [1.807, 2.05) is 12.1 Å². The molecule has 0 amide bonds. The van der Waals surface area contributed by atoms with Gasteiger partial charge in [0.25, 0.3) is 5.56 Å². The second kappa shape index (κ2) is 5.10. The predicted octanol–water partition coefficient (Wildman–Crippen LogP) is 2.87. The maximum atomic E-state index is 12.9. The van der Waals surface area contributed by atoms with Crippen LogP contribution in [0.2, 0.25) is 0 Å². The first-order valence-corrected chi connectivity index (χ1v) is 9.74. The Bertz CT molecular complexity index is 800. The molecule has 2 aromatic rings. The van der Waals surface area contributed by atoms with Gasteiger partial charge in [-0.25, -0.2) is 4.68 Å². The summed E-state index contributed by atoms with van der Waals surface area (Å²) >= 11 is 0. The summed E-state index contributed by atoms with van der Waals surface area (Å²) in [7, 11) is -0.906. The fourth-order valence-corrected chi connectivity index (χ4v) is 4.33. The van der Waals surface area contributed by atoms with E-state index >= 15 is 0 Å². The number of benzene rings is 1. The summed E-state index contributed by atoms with van der Waals surface area (Å²) < 4.78 is 14.2. The van der Waals surface area contributed by atoms with Crippen molar-refractivity contribution in [2.75, 3.05) is 13.3 Å². The van der Waals surface area contributed by atoms with Crippen LogP contribution in [0.25, 0.3) is 10.8 Å². The van der Waals surface area contributed by atoms with Crippen LogP contribution in [0.4, 0.5) is 0 Å². The van der Waals surface area contributed by atoms with E-state index in [0.29, 0.717) is 5.39 Å². The zero-order valence-corrected chi connectivity index (χ0v) is 14.5. The third-order valence-corrected chi connectivity index (χ3v) is 5.81. The summed E-state index contributed by atoms with van der Waals surface area (Å²) in [5, 5.41) is 6.23. The zero-order valence-electron chi connectivity index (χ0n) is 13.6. The predicted molar refractivity (Wildman–Crippen MR) is 89.4 cm³/mol. The molecule has 0 unspecified atom stereocenters. The number of rotatable bonds is 3. The molecule has 0 saturated carbocycles. The number of nitrogens with zero attached hydrogens (tertiary/aromatic N) is 2. The van der Waals surface area contributed by atoms with Crippen molar-refractivity contribution in [2.45, 2.75) is 32.6 Å². The second-order valence-corrected chi connectivity index (χ2v) is 9.73. The van der Waals surface area contributed by atoms with Gasteiger partial charge in [0.05, 0.1) is 11.6 Å². The van der Waals surface area contributed by atoms with Gasteiger partial charge >= 0.3 is 0 Å². The minimum atomic E-state index is -2.53. The van der Waals surface area contributed by atoms with Crippen LogP contribution >= 0.6 is 7.14 Å². The molecule has 0 fully saturated rings. The molecule has 0 bridgehead atoms. The summed E-state index contributed by atoms with van der Waals surface area (Å²) in [6.07, 6.45) is 2.60. The third kappa shape index (κ3) is 2.69. The van der Waals surface area contributed by atoms with E-state index in [1.165, 1.54) is 4.68 Å². The van der Waals surface area contributed by atoms with Crippen LogP contribution in [0.15, 0.2) is 23.1 Å². The van der Waals surface area contributed by atoms with Crippen LogP contribution in [-0.2, 0) is 17.0 Å². The summed E-state index contributed by atoms with van der Waals surface area (Å²) in [5.41, 5.74) is 0.815. The number of aromatic nitrogens is 2. The van der Waals surface area contributed by atoms with Gasteiger partial charge < -0.3 is 4.57 Å². The maximum Gasteiger partial charge on any atom is 0.274 e. The van der Waals surface area contributed by atoms with E-state index in [1.54, 1.807) is 26.6 Å². The molecule has 114 valence electrons. The van der Waals surface area contributed by atoms with E-state index < -0.39 is 7.14 Å². The first-order valence-electron chi connectivity index (χ1n) is 7.14. The van der Waals surface area contributed by atoms with Gasteiger partial charge in [-0.1, -0.05) is 26.8 Å². The van der Waals surface area contributed by atoms with E-state index in [4.69, 9.17) is 0 Å². The van der Waals surface area contributed by atoms with Crippen molar-refractivity contribution in [3.8, 4) is 0 Å². The van der Waals surface area contributed by atoms with E-state index in [2.05, 4.69) is 25.9 Å². The van der Waals surface area contributed by atoms with Gasteiger partial charge in [0, 0.05) is 17.7 Å². The topological polar surface area (TPSA) is 52.0 Å². The minimum Gasteiger partial charge on any atom is -0.319 e. The molecule has 2 rings (SSSR count). The van der Waals surface area contributed by atoms with E-state index in [0.717, 1.165) is 22.7 Å². The normalized spacial score (nSPS) is 12.9. The number of aryl methyl sites for hydroxylation is 1. The molecule has 1 aromatic carbocycles. The average Bonchev–Trinajstić information content (AvgIpc) is 2.40. The highest BCUT2D eigenvalue weighted by Gasteiger charge is 2.29. The van der Waals surface area contributed by atoms with Gasteiger partial charge in [0.1, 0.15) is 7.14 Å². The summed E-state index contributed by atoms with van der Waals surface area (Å²) in [6.45, 7) is 9.92. The zero-order chi connectivity index (χ0) is 16.0. The lowest BCUT2D eigenvalue weighted by molar-refractivity contribution is 0.509. The van der Waals surface area contributed by atoms with Crippen molar-refractivity contribution in [3.05, 3.63) is 34.2 Å². The first kappa shape index (κ1) is 16.0. The van der Waals surface area contributed by atoms with Crippen LogP contribution < -0.4 is 10.9 Å². The third-order valence-electron chi connectivity index (χ3n) is 4.25. The van der Waals surface area contributed by atoms with Crippen LogP contribution in [0.1, 0.15) is 32.8 Å². The highest BCUT2D eigenvalue weighted by molar-refractivity contribution is 7.70. The van der Waals surface area contributed by atoms with Gasteiger partial charge in [-0.15, -0.1) is 0 Å². The van der Waals surface area contributed by atoms with Crippen molar-refractivity contribution in [2.24, 2.45) is 7.05 Å². The van der Waals surface area contributed by atoms with Crippen LogP contribution in [0, 0.1) is 0 Å². The summed E-state index contributed by atoms with van der Waals surface area (Å²) in [4.78, 5) is 12.2. The molecule has 0 radical (unpaired) electrons. The van der Waals surface area contributed by atoms with Crippen LogP contribution in [-0.4, -0.2) is 23.1 Å². The molecule has 1 aromatic heterocycles. The van der Waals surface area contributed by atoms with Gasteiger partial charge in [0.2, 0.25) is 0 Å². The number of fused-ring (bicyclic) bond motifs is 1. The molecule has 0 spiro atoms. The summed E-state index contributed by atoms with van der Waals surface area (Å²) in [6, 6.07) is 3.80. The molecule has 0 saturated heterocycles. The van der Waals surface area contributed by atoms with Gasteiger partial charge in [-0.05, 0) is 36.8 Å². The Hall–Kier alpha value is -1.41. The standard InChI is InChI=1S/C16H23N2O2P/c1-7-16(2,3)13-9-8-11-12(14(13)21(5,6)20)10-17-18(4)15(11)19/h8-10H,7H2,1-6H3. The molecule has 21 heavy (non-hydrogen) atoms. The van der Waals surface area contributed by atoms with E-state index in [9.17, 15) is 9.36 Å². The van der Waals surface area contributed by atoms with Gasteiger partial charge in [-0.3, -0.25) is 4.79 Å². The van der Waals surface area contributed by atoms with E-state index in [-0.39, 0.29) is 11.0 Å². The summed E-state index contributed by atoms with van der Waals surface area (Å²) in [5.74, 6) is 0. The quantitative estimate of drug-likeness (QED) is 0.819. The van der Waals surface area contributed by atoms with Crippen LogP contribution in [0.3, 0.4) is 0 Å². The molecule has 0 N–H and O–H groups in total. The first-order chi connectivity index (χ1) is 9.59. The molecule has 0 aliphatic rings. The molecule has 5 heteroatoms. The fourth-order valence-electron chi connectivity index (χ4n) is 2.61. The Morgan fingerprint density at radius 3 is 2.38 bits per heavy atom. The Morgan fingerprint density at radius 2 is 1.86 bits per heavy atom.